The number of hydrogen-bond donors (Lipinski definition) is 1. The van der Waals surface area contributed by atoms with Crippen molar-refractivity contribution in [1.82, 2.24) is 0 Å². The molecule has 0 amide bonds. The Hall–Kier alpha value is -2.56. The SMILES string of the molecule is CCOC(=O)C1=C(N)OC2=C(C(=O)CC(C)(C)C2)C1c1ccc(C)cc1C. The van der Waals surface area contributed by atoms with Gasteiger partial charge in [0.05, 0.1) is 12.5 Å². The molecule has 0 fully saturated rings. The van der Waals surface area contributed by atoms with Gasteiger partial charge in [-0.2, -0.15) is 0 Å². The van der Waals surface area contributed by atoms with Crippen LogP contribution in [0.5, 0.6) is 0 Å². The standard InChI is InChI=1S/C22H27NO4/c1-6-26-21(25)19-17(14-8-7-12(2)9-13(14)3)18-15(24)10-22(4,5)11-16(18)27-20(19)23/h7-9,17H,6,10-11,23H2,1-5H3. The monoisotopic (exact) mass is 369 g/mol. The minimum Gasteiger partial charge on any atom is -0.462 e. The van der Waals surface area contributed by atoms with Gasteiger partial charge in [0.15, 0.2) is 5.78 Å². The minimum absolute atomic E-state index is 0.000485. The molecule has 2 N–H and O–H groups in total. The average molecular weight is 369 g/mol. The van der Waals surface area contributed by atoms with E-state index in [1.165, 1.54) is 0 Å². The topological polar surface area (TPSA) is 78.6 Å². The fourth-order valence-corrected chi connectivity index (χ4v) is 4.05. The Labute approximate surface area is 160 Å². The first-order chi connectivity index (χ1) is 12.6. The highest BCUT2D eigenvalue weighted by molar-refractivity contribution is 6.03. The molecular weight excluding hydrogens is 342 g/mol. The molecule has 2 aliphatic rings. The number of nitrogens with two attached hydrogens (primary N) is 1. The van der Waals surface area contributed by atoms with Crippen LogP contribution in [0.3, 0.4) is 0 Å². The fraction of sp³-hybridized carbons (Fsp3) is 0.455. The molecule has 0 bridgehead atoms. The van der Waals surface area contributed by atoms with Crippen molar-refractivity contribution in [3.63, 3.8) is 0 Å². The van der Waals surface area contributed by atoms with E-state index in [0.717, 1.165) is 16.7 Å². The predicted molar refractivity (Wildman–Crippen MR) is 103 cm³/mol. The van der Waals surface area contributed by atoms with Gasteiger partial charge in [-0.3, -0.25) is 4.79 Å². The first kappa shape index (κ1) is 19.2. The lowest BCUT2D eigenvalue weighted by Gasteiger charge is -2.38. The molecule has 1 aliphatic carbocycles. The van der Waals surface area contributed by atoms with Crippen LogP contribution in [-0.4, -0.2) is 18.4 Å². The summed E-state index contributed by atoms with van der Waals surface area (Å²) >= 11 is 0. The van der Waals surface area contributed by atoms with E-state index in [9.17, 15) is 9.59 Å². The first-order valence-corrected chi connectivity index (χ1v) is 9.32. The third-order valence-electron chi connectivity index (χ3n) is 5.19. The van der Waals surface area contributed by atoms with Gasteiger partial charge in [0.2, 0.25) is 5.88 Å². The Morgan fingerprint density at radius 2 is 2.00 bits per heavy atom. The zero-order valence-corrected chi connectivity index (χ0v) is 16.6. The largest absolute Gasteiger partial charge is 0.462 e. The highest BCUT2D eigenvalue weighted by Crippen LogP contribution is 2.48. The molecule has 1 aromatic carbocycles. The Bertz CT molecular complexity index is 876. The zero-order valence-electron chi connectivity index (χ0n) is 16.6. The van der Waals surface area contributed by atoms with Crippen molar-refractivity contribution >= 4 is 11.8 Å². The lowest BCUT2D eigenvalue weighted by Crippen LogP contribution is -2.36. The number of Topliss-reactive ketones (excluding diaryl/α,β-unsaturated/α-hetero) is 1. The van der Waals surface area contributed by atoms with Crippen LogP contribution in [0.1, 0.15) is 56.2 Å². The summed E-state index contributed by atoms with van der Waals surface area (Å²) in [5.41, 5.74) is 9.72. The molecule has 3 rings (SSSR count). The Morgan fingerprint density at radius 3 is 2.63 bits per heavy atom. The van der Waals surface area contributed by atoms with Crippen LogP contribution in [-0.2, 0) is 19.1 Å². The average Bonchev–Trinajstić information content (AvgIpc) is 2.52. The number of ketones is 1. The molecule has 5 nitrogen and oxygen atoms in total. The lowest BCUT2D eigenvalue weighted by molar-refractivity contribution is -0.139. The normalized spacial score (nSPS) is 21.7. The molecule has 0 aromatic heterocycles. The molecule has 5 heteroatoms. The summed E-state index contributed by atoms with van der Waals surface area (Å²) in [6, 6.07) is 5.99. The summed E-state index contributed by atoms with van der Waals surface area (Å²) in [6.45, 7) is 10.0. The molecule has 0 radical (unpaired) electrons. The van der Waals surface area contributed by atoms with Gasteiger partial charge in [-0.15, -0.1) is 0 Å². The predicted octanol–water partition coefficient (Wildman–Crippen LogP) is 3.79. The van der Waals surface area contributed by atoms with Crippen molar-refractivity contribution in [2.45, 2.75) is 53.4 Å². The number of aryl methyl sites for hydroxylation is 2. The quantitative estimate of drug-likeness (QED) is 0.820. The highest BCUT2D eigenvalue weighted by Gasteiger charge is 2.45. The maximum Gasteiger partial charge on any atom is 0.340 e. The highest BCUT2D eigenvalue weighted by atomic mass is 16.5. The maximum absolute atomic E-state index is 13.1. The van der Waals surface area contributed by atoms with E-state index in [1.54, 1.807) is 6.92 Å². The maximum atomic E-state index is 13.1. The molecule has 0 spiro atoms. The van der Waals surface area contributed by atoms with Crippen LogP contribution >= 0.6 is 0 Å². The Morgan fingerprint density at radius 1 is 1.30 bits per heavy atom. The second-order valence-electron chi connectivity index (χ2n) is 8.17. The van der Waals surface area contributed by atoms with E-state index in [-0.39, 0.29) is 29.3 Å². The summed E-state index contributed by atoms with van der Waals surface area (Å²) < 4.78 is 11.0. The minimum atomic E-state index is -0.558. The number of esters is 1. The van der Waals surface area contributed by atoms with E-state index in [0.29, 0.717) is 24.2 Å². The smallest absolute Gasteiger partial charge is 0.340 e. The molecule has 144 valence electrons. The molecular formula is C22H27NO4. The number of hydrogen-bond acceptors (Lipinski definition) is 5. The second-order valence-corrected chi connectivity index (χ2v) is 8.17. The van der Waals surface area contributed by atoms with Crippen molar-refractivity contribution in [2.24, 2.45) is 11.1 Å². The van der Waals surface area contributed by atoms with Gasteiger partial charge < -0.3 is 15.2 Å². The second kappa shape index (κ2) is 6.87. The van der Waals surface area contributed by atoms with Gasteiger partial charge in [0.25, 0.3) is 0 Å². The molecule has 1 aromatic rings. The van der Waals surface area contributed by atoms with Crippen molar-refractivity contribution < 1.29 is 19.1 Å². The third kappa shape index (κ3) is 3.51. The van der Waals surface area contributed by atoms with Gasteiger partial charge in [0, 0.05) is 18.4 Å². The summed E-state index contributed by atoms with van der Waals surface area (Å²) in [5, 5.41) is 0. The first-order valence-electron chi connectivity index (χ1n) is 9.32. The third-order valence-corrected chi connectivity index (χ3v) is 5.19. The van der Waals surface area contributed by atoms with Crippen LogP contribution in [0, 0.1) is 19.3 Å². The molecule has 1 aliphatic heterocycles. The summed E-state index contributed by atoms with van der Waals surface area (Å²) in [6.07, 6.45) is 1.01. The number of ether oxygens (including phenoxy) is 2. The van der Waals surface area contributed by atoms with E-state index in [2.05, 4.69) is 0 Å². The lowest BCUT2D eigenvalue weighted by atomic mass is 9.69. The zero-order chi connectivity index (χ0) is 19.9. The van der Waals surface area contributed by atoms with Crippen molar-refractivity contribution in [2.75, 3.05) is 6.61 Å². The summed E-state index contributed by atoms with van der Waals surface area (Å²) in [7, 11) is 0. The molecule has 27 heavy (non-hydrogen) atoms. The Kier molecular flexibility index (Phi) is 4.89. The van der Waals surface area contributed by atoms with Crippen molar-refractivity contribution in [1.29, 1.82) is 0 Å². The van der Waals surface area contributed by atoms with Gasteiger partial charge in [0.1, 0.15) is 11.3 Å². The molecule has 1 unspecified atom stereocenters. The number of benzene rings is 1. The molecule has 1 heterocycles. The Balaban J connectivity index is 2.22. The molecule has 0 saturated carbocycles. The van der Waals surface area contributed by atoms with Gasteiger partial charge in [-0.1, -0.05) is 37.6 Å². The van der Waals surface area contributed by atoms with Gasteiger partial charge in [-0.25, -0.2) is 4.79 Å². The summed E-state index contributed by atoms with van der Waals surface area (Å²) in [5.74, 6) is -0.490. The van der Waals surface area contributed by atoms with Crippen LogP contribution in [0.2, 0.25) is 0 Å². The van der Waals surface area contributed by atoms with E-state index >= 15 is 0 Å². The number of carbonyl (C=O) groups is 2. The number of allylic oxidation sites excluding steroid dienone is 2. The number of carbonyl (C=O) groups excluding carboxylic acids is 2. The van der Waals surface area contributed by atoms with Crippen LogP contribution < -0.4 is 5.73 Å². The van der Waals surface area contributed by atoms with E-state index in [4.69, 9.17) is 15.2 Å². The summed E-state index contributed by atoms with van der Waals surface area (Å²) in [4.78, 5) is 25.8. The van der Waals surface area contributed by atoms with Crippen molar-refractivity contribution in [3.05, 3.63) is 57.7 Å². The number of rotatable bonds is 3. The van der Waals surface area contributed by atoms with Gasteiger partial charge in [-0.05, 0) is 37.3 Å². The van der Waals surface area contributed by atoms with E-state index < -0.39 is 11.9 Å². The molecule has 0 saturated heterocycles. The van der Waals surface area contributed by atoms with Crippen molar-refractivity contribution in [3.8, 4) is 0 Å². The van der Waals surface area contributed by atoms with Crippen LogP contribution in [0.25, 0.3) is 0 Å². The van der Waals surface area contributed by atoms with Crippen LogP contribution in [0.15, 0.2) is 41.0 Å². The fourth-order valence-electron chi connectivity index (χ4n) is 4.05. The van der Waals surface area contributed by atoms with E-state index in [1.807, 2.05) is 45.9 Å². The van der Waals surface area contributed by atoms with Crippen LogP contribution in [0.4, 0.5) is 0 Å². The molecule has 1 atom stereocenters. The van der Waals surface area contributed by atoms with Gasteiger partial charge >= 0.3 is 5.97 Å².